The third-order valence-corrected chi connectivity index (χ3v) is 7.49. The molecule has 0 spiro atoms. The summed E-state index contributed by atoms with van der Waals surface area (Å²) in [6.07, 6.45) is 6.91. The molecule has 5 heteroatoms. The molecule has 1 aliphatic carbocycles. The molecule has 3 rings (SSSR count). The third-order valence-electron chi connectivity index (χ3n) is 4.93. The number of nitrogens with zero attached hydrogens (tertiary/aromatic N) is 1. The van der Waals surface area contributed by atoms with E-state index >= 15 is 0 Å². The van der Waals surface area contributed by atoms with Gasteiger partial charge < -0.3 is 0 Å². The Morgan fingerprint density at radius 1 is 1.14 bits per heavy atom. The minimum atomic E-state index is -3.38. The summed E-state index contributed by atoms with van der Waals surface area (Å²) in [6, 6.07) is 5.73. The van der Waals surface area contributed by atoms with Crippen LogP contribution in [-0.4, -0.2) is 25.3 Å². The Morgan fingerprint density at radius 2 is 1.86 bits per heavy atom. The van der Waals surface area contributed by atoms with Crippen LogP contribution in [0, 0.1) is 12.8 Å². The first-order valence-electron chi connectivity index (χ1n) is 7.78. The summed E-state index contributed by atoms with van der Waals surface area (Å²) < 4.78 is 28.8. The molecule has 3 nitrogen and oxygen atoms in total. The summed E-state index contributed by atoms with van der Waals surface area (Å²) in [5.74, 6) is 0.565. The number of benzene rings is 1. The molecule has 1 unspecified atom stereocenters. The Kier molecular flexibility index (Phi) is 4.44. The van der Waals surface area contributed by atoms with Gasteiger partial charge in [-0.2, -0.15) is 4.31 Å². The van der Waals surface area contributed by atoms with Gasteiger partial charge in [-0.3, -0.25) is 0 Å². The Labute approximate surface area is 135 Å². The molecule has 2 fully saturated rings. The van der Waals surface area contributed by atoms with Crippen LogP contribution < -0.4 is 0 Å². The summed E-state index contributed by atoms with van der Waals surface area (Å²) in [5.41, 5.74) is 0.829. The van der Waals surface area contributed by atoms with E-state index in [2.05, 4.69) is 15.9 Å². The number of rotatable bonds is 3. The largest absolute Gasteiger partial charge is 0.243 e. The highest BCUT2D eigenvalue weighted by Crippen LogP contribution is 2.38. The number of sulfonamides is 1. The summed E-state index contributed by atoms with van der Waals surface area (Å²) in [5, 5.41) is 0. The van der Waals surface area contributed by atoms with Crippen molar-refractivity contribution in [3.05, 3.63) is 28.2 Å². The minimum absolute atomic E-state index is 0.218. The predicted molar refractivity (Wildman–Crippen MR) is 87.8 cm³/mol. The number of hydrogen-bond donors (Lipinski definition) is 0. The van der Waals surface area contributed by atoms with Gasteiger partial charge in [-0.25, -0.2) is 8.42 Å². The lowest BCUT2D eigenvalue weighted by Crippen LogP contribution is -2.39. The monoisotopic (exact) mass is 371 g/mol. The van der Waals surface area contributed by atoms with Crippen molar-refractivity contribution in [2.75, 3.05) is 6.54 Å². The summed E-state index contributed by atoms with van der Waals surface area (Å²) in [4.78, 5) is 0.460. The van der Waals surface area contributed by atoms with Gasteiger partial charge in [-0.05, 0) is 56.2 Å². The molecular weight excluding hydrogens is 350 g/mol. The van der Waals surface area contributed by atoms with Crippen molar-refractivity contribution in [2.45, 2.75) is 56.4 Å². The molecule has 0 amide bonds. The molecule has 1 aliphatic heterocycles. The van der Waals surface area contributed by atoms with Gasteiger partial charge in [-0.1, -0.05) is 34.8 Å². The van der Waals surface area contributed by atoms with Gasteiger partial charge >= 0.3 is 0 Å². The van der Waals surface area contributed by atoms with Crippen LogP contribution in [0.15, 0.2) is 27.6 Å². The lowest BCUT2D eigenvalue weighted by atomic mass is 9.97. The van der Waals surface area contributed by atoms with Crippen molar-refractivity contribution in [3.8, 4) is 0 Å². The van der Waals surface area contributed by atoms with E-state index in [0.717, 1.165) is 22.9 Å². The fourth-order valence-electron chi connectivity index (χ4n) is 3.86. The fraction of sp³-hybridized carbons (Fsp3) is 0.625. The van der Waals surface area contributed by atoms with Crippen molar-refractivity contribution in [2.24, 2.45) is 5.92 Å². The average molecular weight is 372 g/mol. The fourth-order valence-corrected chi connectivity index (χ4v) is 6.38. The predicted octanol–water partition coefficient (Wildman–Crippen LogP) is 4.10. The Morgan fingerprint density at radius 3 is 2.57 bits per heavy atom. The normalized spacial score (nSPS) is 24.8. The van der Waals surface area contributed by atoms with Gasteiger partial charge in [-0.15, -0.1) is 0 Å². The van der Waals surface area contributed by atoms with Gasteiger partial charge in [0.15, 0.2) is 0 Å². The smallest absolute Gasteiger partial charge is 0.207 e. The molecule has 116 valence electrons. The van der Waals surface area contributed by atoms with Crippen LogP contribution in [0.1, 0.15) is 44.1 Å². The third kappa shape index (κ3) is 2.92. The van der Waals surface area contributed by atoms with Gasteiger partial charge in [0.2, 0.25) is 10.0 Å². The van der Waals surface area contributed by atoms with Crippen molar-refractivity contribution in [1.82, 2.24) is 4.31 Å². The van der Waals surface area contributed by atoms with Gasteiger partial charge in [0.1, 0.15) is 0 Å². The molecule has 1 aromatic rings. The van der Waals surface area contributed by atoms with Gasteiger partial charge in [0.05, 0.1) is 4.90 Å². The lowest BCUT2D eigenvalue weighted by molar-refractivity contribution is 0.288. The maximum absolute atomic E-state index is 13.1. The van der Waals surface area contributed by atoms with E-state index in [9.17, 15) is 8.42 Å². The van der Waals surface area contributed by atoms with Crippen LogP contribution in [0.3, 0.4) is 0 Å². The van der Waals surface area contributed by atoms with Crippen LogP contribution in [-0.2, 0) is 10.0 Å². The number of halogens is 1. The summed E-state index contributed by atoms with van der Waals surface area (Å²) in [7, 11) is -3.38. The average Bonchev–Trinajstić information content (AvgIpc) is 3.10. The van der Waals surface area contributed by atoms with E-state index in [1.807, 2.05) is 19.1 Å². The first-order valence-corrected chi connectivity index (χ1v) is 10.0. The van der Waals surface area contributed by atoms with Crippen LogP contribution in [0.5, 0.6) is 0 Å². The SMILES string of the molecule is Cc1ccc(Br)cc1S(=O)(=O)N1CCCC1C1CCCC1. The molecule has 1 atom stereocenters. The zero-order chi connectivity index (χ0) is 15.0. The maximum atomic E-state index is 13.1. The van der Waals surface area contributed by atoms with Gasteiger partial charge in [0, 0.05) is 17.1 Å². The Balaban J connectivity index is 1.95. The van der Waals surface area contributed by atoms with Crippen molar-refractivity contribution in [3.63, 3.8) is 0 Å². The zero-order valence-corrected chi connectivity index (χ0v) is 14.8. The molecule has 0 radical (unpaired) electrons. The van der Waals surface area contributed by atoms with Crippen LogP contribution in [0.2, 0.25) is 0 Å². The van der Waals surface area contributed by atoms with Crippen LogP contribution >= 0.6 is 15.9 Å². The second-order valence-electron chi connectivity index (χ2n) is 6.28. The van der Waals surface area contributed by atoms with Crippen LogP contribution in [0.25, 0.3) is 0 Å². The summed E-state index contributed by atoms with van der Waals surface area (Å²) in [6.45, 7) is 2.55. The highest BCUT2D eigenvalue weighted by molar-refractivity contribution is 9.10. The maximum Gasteiger partial charge on any atom is 0.243 e. The zero-order valence-electron chi connectivity index (χ0n) is 12.4. The second-order valence-corrected chi connectivity index (χ2v) is 9.05. The first kappa shape index (κ1) is 15.5. The Hall–Kier alpha value is -0.390. The number of hydrogen-bond acceptors (Lipinski definition) is 2. The molecule has 1 saturated heterocycles. The van der Waals surface area contributed by atoms with Crippen molar-refractivity contribution < 1.29 is 8.42 Å². The van der Waals surface area contributed by atoms with Crippen molar-refractivity contribution in [1.29, 1.82) is 0 Å². The quantitative estimate of drug-likeness (QED) is 0.801. The summed E-state index contributed by atoms with van der Waals surface area (Å²) >= 11 is 3.40. The standard InChI is InChI=1S/C16H22BrNO2S/c1-12-8-9-14(17)11-16(12)21(19,20)18-10-4-7-15(18)13-5-2-3-6-13/h8-9,11,13,15H,2-7,10H2,1H3. The lowest BCUT2D eigenvalue weighted by Gasteiger charge is -2.29. The van der Waals surface area contributed by atoms with Gasteiger partial charge in [0.25, 0.3) is 0 Å². The highest BCUT2D eigenvalue weighted by atomic mass is 79.9. The molecule has 0 aromatic heterocycles. The van der Waals surface area contributed by atoms with E-state index in [1.165, 1.54) is 25.7 Å². The van der Waals surface area contributed by atoms with E-state index in [1.54, 1.807) is 10.4 Å². The molecular formula is C16H22BrNO2S. The topological polar surface area (TPSA) is 37.4 Å². The molecule has 0 bridgehead atoms. The van der Waals surface area contributed by atoms with E-state index in [4.69, 9.17) is 0 Å². The molecule has 0 N–H and O–H groups in total. The molecule has 1 aromatic carbocycles. The minimum Gasteiger partial charge on any atom is -0.207 e. The highest BCUT2D eigenvalue weighted by Gasteiger charge is 2.40. The number of aryl methyl sites for hydroxylation is 1. The van der Waals surface area contributed by atoms with Crippen LogP contribution in [0.4, 0.5) is 0 Å². The van der Waals surface area contributed by atoms with Crippen molar-refractivity contribution >= 4 is 26.0 Å². The second kappa shape index (κ2) is 6.01. The molecule has 2 aliphatic rings. The molecule has 21 heavy (non-hydrogen) atoms. The Bertz CT molecular complexity index is 623. The molecule has 1 heterocycles. The first-order chi connectivity index (χ1) is 10.00. The van der Waals surface area contributed by atoms with E-state index in [-0.39, 0.29) is 6.04 Å². The van der Waals surface area contributed by atoms with E-state index in [0.29, 0.717) is 17.4 Å². The van der Waals surface area contributed by atoms with E-state index < -0.39 is 10.0 Å². The molecule has 1 saturated carbocycles.